The Morgan fingerprint density at radius 2 is 2.11 bits per heavy atom. The van der Waals surface area contributed by atoms with Crippen LogP contribution in [0, 0.1) is 0 Å². The van der Waals surface area contributed by atoms with E-state index in [-0.39, 0.29) is 11.7 Å². The highest BCUT2D eigenvalue weighted by Crippen LogP contribution is 2.39. The molecule has 104 valence electrons. The van der Waals surface area contributed by atoms with Crippen molar-refractivity contribution in [1.29, 1.82) is 0 Å². The van der Waals surface area contributed by atoms with Crippen LogP contribution < -0.4 is 4.74 Å². The predicted octanol–water partition coefficient (Wildman–Crippen LogP) is 4.10. The lowest BCUT2D eigenvalue weighted by Gasteiger charge is -2.43. The second-order valence-corrected chi connectivity index (χ2v) is 6.58. The molecule has 0 radical (unpaired) electrons. The van der Waals surface area contributed by atoms with Crippen molar-refractivity contribution in [1.82, 2.24) is 4.98 Å². The molecule has 0 N–H and O–H groups in total. The van der Waals surface area contributed by atoms with Crippen LogP contribution in [0.25, 0.3) is 0 Å². The van der Waals surface area contributed by atoms with Crippen molar-refractivity contribution >= 4 is 15.9 Å². The van der Waals surface area contributed by atoms with E-state index in [1.807, 2.05) is 6.07 Å². The minimum Gasteiger partial charge on any atom is -0.489 e. The highest BCUT2D eigenvalue weighted by molar-refractivity contribution is 9.10. The molecule has 1 aromatic rings. The zero-order valence-corrected chi connectivity index (χ0v) is 12.7. The van der Waals surface area contributed by atoms with Crippen LogP contribution in [0.4, 0.5) is 0 Å². The number of rotatable bonds is 2. The molecule has 3 nitrogen and oxygen atoms in total. The van der Waals surface area contributed by atoms with Gasteiger partial charge >= 0.3 is 0 Å². The van der Waals surface area contributed by atoms with Gasteiger partial charge in [-0.05, 0) is 34.8 Å². The van der Waals surface area contributed by atoms with Crippen molar-refractivity contribution in [3.8, 4) is 5.75 Å². The fraction of sp³-hybridized carbons (Fsp3) is 0.667. The highest BCUT2D eigenvalue weighted by atomic mass is 79.9. The summed E-state index contributed by atoms with van der Waals surface area (Å²) in [6.07, 6.45) is 12.2. The Bertz CT molecular complexity index is 426. The average molecular weight is 326 g/mol. The monoisotopic (exact) mass is 325 g/mol. The number of hydrogen-bond acceptors (Lipinski definition) is 3. The third kappa shape index (κ3) is 3.29. The third-order valence-corrected chi connectivity index (χ3v) is 4.63. The van der Waals surface area contributed by atoms with Crippen LogP contribution in [0.2, 0.25) is 0 Å². The molecule has 1 spiro atoms. The Morgan fingerprint density at radius 3 is 2.89 bits per heavy atom. The van der Waals surface area contributed by atoms with E-state index < -0.39 is 0 Å². The van der Waals surface area contributed by atoms with Gasteiger partial charge in [-0.3, -0.25) is 4.98 Å². The van der Waals surface area contributed by atoms with E-state index in [9.17, 15) is 0 Å². The number of nitrogens with zero attached hydrogens (tertiary/aromatic N) is 1. The summed E-state index contributed by atoms with van der Waals surface area (Å²) in [4.78, 5) is 4.15. The Morgan fingerprint density at radius 1 is 1.26 bits per heavy atom. The topological polar surface area (TPSA) is 31.4 Å². The molecule has 1 saturated heterocycles. The molecule has 2 fully saturated rings. The first-order valence-electron chi connectivity index (χ1n) is 7.17. The van der Waals surface area contributed by atoms with Crippen LogP contribution in [0.5, 0.6) is 5.75 Å². The first kappa shape index (κ1) is 13.4. The first-order chi connectivity index (χ1) is 9.26. The molecule has 1 aromatic heterocycles. The fourth-order valence-electron chi connectivity index (χ4n) is 3.28. The Kier molecular flexibility index (Phi) is 4.08. The summed E-state index contributed by atoms with van der Waals surface area (Å²) in [6.45, 7) is 0.825. The van der Waals surface area contributed by atoms with E-state index in [1.54, 1.807) is 12.4 Å². The van der Waals surface area contributed by atoms with E-state index in [1.165, 1.54) is 32.1 Å². The summed E-state index contributed by atoms with van der Waals surface area (Å²) in [6, 6.07) is 1.98. The maximum absolute atomic E-state index is 6.09. The van der Waals surface area contributed by atoms with Gasteiger partial charge in [0.1, 0.15) is 11.9 Å². The number of pyridine rings is 1. The zero-order valence-electron chi connectivity index (χ0n) is 11.1. The van der Waals surface area contributed by atoms with Gasteiger partial charge in [0, 0.05) is 23.5 Å². The zero-order chi connectivity index (χ0) is 13.1. The van der Waals surface area contributed by atoms with Crippen molar-refractivity contribution < 1.29 is 9.47 Å². The smallest absolute Gasteiger partial charge is 0.139 e. The average Bonchev–Trinajstić information content (AvgIpc) is 2.40. The van der Waals surface area contributed by atoms with Gasteiger partial charge in [-0.25, -0.2) is 0 Å². The summed E-state index contributed by atoms with van der Waals surface area (Å²) in [5.41, 5.74) is 0.0978. The van der Waals surface area contributed by atoms with Gasteiger partial charge in [0.05, 0.1) is 18.4 Å². The van der Waals surface area contributed by atoms with Crippen LogP contribution >= 0.6 is 15.9 Å². The van der Waals surface area contributed by atoms with Gasteiger partial charge in [0.25, 0.3) is 0 Å². The Hall–Kier alpha value is -0.610. The van der Waals surface area contributed by atoms with E-state index in [4.69, 9.17) is 9.47 Å². The lowest BCUT2D eigenvalue weighted by molar-refractivity contribution is -0.129. The van der Waals surface area contributed by atoms with E-state index in [2.05, 4.69) is 20.9 Å². The molecule has 1 atom stereocenters. The largest absolute Gasteiger partial charge is 0.489 e. The van der Waals surface area contributed by atoms with E-state index in [0.717, 1.165) is 29.7 Å². The van der Waals surface area contributed by atoms with Gasteiger partial charge in [0.15, 0.2) is 0 Å². The van der Waals surface area contributed by atoms with Crippen molar-refractivity contribution in [2.75, 3.05) is 6.61 Å². The number of halogens is 1. The number of ether oxygens (including phenoxy) is 2. The van der Waals surface area contributed by atoms with Crippen LogP contribution in [0.15, 0.2) is 22.9 Å². The van der Waals surface area contributed by atoms with Gasteiger partial charge < -0.3 is 9.47 Å². The minimum absolute atomic E-state index is 0.0978. The van der Waals surface area contributed by atoms with Crippen molar-refractivity contribution in [2.24, 2.45) is 0 Å². The van der Waals surface area contributed by atoms with Gasteiger partial charge in [-0.2, -0.15) is 0 Å². The number of aromatic nitrogens is 1. The molecular formula is C15H20BrNO2. The van der Waals surface area contributed by atoms with Gasteiger partial charge in [0.2, 0.25) is 0 Å². The summed E-state index contributed by atoms with van der Waals surface area (Å²) < 4.78 is 13.1. The van der Waals surface area contributed by atoms with E-state index in [0.29, 0.717) is 0 Å². The molecule has 2 aliphatic rings. The molecule has 0 aromatic carbocycles. The van der Waals surface area contributed by atoms with E-state index >= 15 is 0 Å². The van der Waals surface area contributed by atoms with Crippen molar-refractivity contribution in [3.05, 3.63) is 22.9 Å². The van der Waals surface area contributed by atoms with Crippen LogP contribution in [0.3, 0.4) is 0 Å². The summed E-state index contributed by atoms with van der Waals surface area (Å²) >= 11 is 3.43. The van der Waals surface area contributed by atoms with Crippen LogP contribution in [0.1, 0.15) is 44.9 Å². The normalized spacial score (nSPS) is 26.3. The quantitative estimate of drug-likeness (QED) is 0.820. The molecule has 0 bridgehead atoms. The number of hydrogen-bond donors (Lipinski definition) is 0. The molecule has 3 rings (SSSR count). The Balaban J connectivity index is 1.65. The molecule has 1 aliphatic carbocycles. The second kappa shape index (κ2) is 5.80. The van der Waals surface area contributed by atoms with Crippen LogP contribution in [-0.2, 0) is 4.74 Å². The standard InChI is InChI=1S/C15H20BrNO2/c16-12-8-14(11-17-10-12)19-13-4-7-18-15(9-13)5-2-1-3-6-15/h8,10-11,13H,1-7,9H2. The summed E-state index contributed by atoms with van der Waals surface area (Å²) in [5.74, 6) is 0.854. The molecule has 1 saturated carbocycles. The van der Waals surface area contributed by atoms with Gasteiger partial charge in [-0.1, -0.05) is 19.3 Å². The lowest BCUT2D eigenvalue weighted by Crippen LogP contribution is -2.45. The SMILES string of the molecule is Brc1cncc(OC2CCOC3(CCCCC3)C2)c1. The molecule has 1 unspecified atom stereocenters. The fourth-order valence-corrected chi connectivity index (χ4v) is 3.62. The molecule has 4 heteroatoms. The minimum atomic E-state index is 0.0978. The van der Waals surface area contributed by atoms with Crippen LogP contribution in [-0.4, -0.2) is 23.3 Å². The van der Waals surface area contributed by atoms with Crippen molar-refractivity contribution in [3.63, 3.8) is 0 Å². The summed E-state index contributed by atoms with van der Waals surface area (Å²) in [5, 5.41) is 0. The Labute approximate surface area is 122 Å². The third-order valence-electron chi connectivity index (χ3n) is 4.20. The molecule has 1 aliphatic heterocycles. The predicted molar refractivity (Wildman–Crippen MR) is 77.4 cm³/mol. The summed E-state index contributed by atoms with van der Waals surface area (Å²) in [7, 11) is 0. The maximum atomic E-state index is 6.09. The molecule has 0 amide bonds. The molecule has 19 heavy (non-hydrogen) atoms. The second-order valence-electron chi connectivity index (χ2n) is 5.66. The molecule has 2 heterocycles. The first-order valence-corrected chi connectivity index (χ1v) is 7.96. The molecular weight excluding hydrogens is 306 g/mol. The highest BCUT2D eigenvalue weighted by Gasteiger charge is 2.39. The van der Waals surface area contributed by atoms with Crippen molar-refractivity contribution in [2.45, 2.75) is 56.7 Å². The lowest BCUT2D eigenvalue weighted by atomic mass is 9.79. The maximum Gasteiger partial charge on any atom is 0.139 e. The van der Waals surface area contributed by atoms with Gasteiger partial charge in [-0.15, -0.1) is 0 Å².